The molecule has 0 radical (unpaired) electrons. The van der Waals surface area contributed by atoms with E-state index in [1.165, 1.54) is 0 Å². The van der Waals surface area contributed by atoms with Crippen LogP contribution in [0.25, 0.3) is 0 Å². The van der Waals surface area contributed by atoms with Crippen LogP contribution in [0.1, 0.15) is 24.9 Å². The first-order valence-electron chi connectivity index (χ1n) is 5.65. The lowest BCUT2D eigenvalue weighted by molar-refractivity contribution is 0.347. The molecule has 1 unspecified atom stereocenters. The molecule has 2 rings (SSSR count). The van der Waals surface area contributed by atoms with Crippen LogP contribution in [0.5, 0.6) is 0 Å². The third kappa shape index (κ3) is 2.35. The molecule has 1 atom stereocenters. The summed E-state index contributed by atoms with van der Waals surface area (Å²) in [5, 5.41) is 1.35. The molecule has 1 aromatic carbocycles. The van der Waals surface area contributed by atoms with Crippen molar-refractivity contribution in [1.29, 1.82) is 0 Å². The topological polar surface area (TPSA) is 41.6 Å². The van der Waals surface area contributed by atoms with E-state index in [0.717, 1.165) is 18.5 Å². The highest BCUT2D eigenvalue weighted by Crippen LogP contribution is 2.35. The number of hydrogen-bond acceptors (Lipinski definition) is 3. The molecule has 5 heteroatoms. The molecule has 3 nitrogen and oxygen atoms in total. The van der Waals surface area contributed by atoms with Gasteiger partial charge in [-0.05, 0) is 18.6 Å². The van der Waals surface area contributed by atoms with E-state index in [-0.39, 0.29) is 6.04 Å². The quantitative estimate of drug-likeness (QED) is 0.918. The number of benzene rings is 1. The fraction of sp³-hybridized carbons (Fsp3) is 0.417. The summed E-state index contributed by atoms with van der Waals surface area (Å²) in [5.41, 5.74) is 6.81. The zero-order valence-electron chi connectivity index (χ0n) is 9.66. The van der Waals surface area contributed by atoms with Crippen molar-refractivity contribution in [1.82, 2.24) is 4.90 Å². The lowest BCUT2D eigenvalue weighted by Gasteiger charge is -2.27. The molecule has 17 heavy (non-hydrogen) atoms. The standard InChI is InChI=1S/C12H15Cl2N3/c1-2-6-17-10(7-16-12(17)15)11-8(13)4-3-5-9(11)14/h3-5,10H,2,6-7H2,1H3,(H2,15,16). The zero-order chi connectivity index (χ0) is 12.4. The summed E-state index contributed by atoms with van der Waals surface area (Å²) < 4.78 is 0. The van der Waals surface area contributed by atoms with Gasteiger partial charge in [0.25, 0.3) is 0 Å². The van der Waals surface area contributed by atoms with E-state index in [9.17, 15) is 0 Å². The summed E-state index contributed by atoms with van der Waals surface area (Å²) in [6.45, 7) is 3.59. The molecule has 0 saturated carbocycles. The summed E-state index contributed by atoms with van der Waals surface area (Å²) in [6, 6.07) is 5.61. The largest absolute Gasteiger partial charge is 0.370 e. The van der Waals surface area contributed by atoms with E-state index in [4.69, 9.17) is 28.9 Å². The van der Waals surface area contributed by atoms with Crippen LogP contribution in [0.2, 0.25) is 10.0 Å². The first-order valence-corrected chi connectivity index (χ1v) is 6.41. The second-order valence-electron chi connectivity index (χ2n) is 4.04. The Labute approximate surface area is 111 Å². The fourth-order valence-electron chi connectivity index (χ4n) is 2.12. The Hall–Kier alpha value is -0.930. The van der Waals surface area contributed by atoms with Crippen LogP contribution in [-0.2, 0) is 0 Å². The van der Waals surface area contributed by atoms with E-state index in [1.54, 1.807) is 0 Å². The predicted molar refractivity (Wildman–Crippen MR) is 72.7 cm³/mol. The van der Waals surface area contributed by atoms with Crippen LogP contribution in [0.15, 0.2) is 23.2 Å². The molecule has 0 amide bonds. The SMILES string of the molecule is CCCN1C(N)=NCC1c1c(Cl)cccc1Cl. The Morgan fingerprint density at radius 3 is 2.65 bits per heavy atom. The van der Waals surface area contributed by atoms with Gasteiger partial charge in [-0.15, -0.1) is 0 Å². The van der Waals surface area contributed by atoms with E-state index in [2.05, 4.69) is 16.8 Å². The van der Waals surface area contributed by atoms with Crippen molar-refractivity contribution in [3.05, 3.63) is 33.8 Å². The van der Waals surface area contributed by atoms with E-state index in [1.807, 2.05) is 18.2 Å². The molecule has 0 saturated heterocycles. The summed E-state index contributed by atoms with van der Waals surface area (Å²) >= 11 is 12.4. The Morgan fingerprint density at radius 2 is 2.06 bits per heavy atom. The van der Waals surface area contributed by atoms with Crippen molar-refractivity contribution in [2.24, 2.45) is 10.7 Å². The molecule has 0 aromatic heterocycles. The Balaban J connectivity index is 2.34. The van der Waals surface area contributed by atoms with Gasteiger partial charge < -0.3 is 10.6 Å². The number of guanidine groups is 1. The molecule has 0 spiro atoms. The first-order chi connectivity index (χ1) is 8.15. The Kier molecular flexibility index (Phi) is 3.79. The summed E-state index contributed by atoms with van der Waals surface area (Å²) in [6.07, 6.45) is 1.01. The highest BCUT2D eigenvalue weighted by Gasteiger charge is 2.29. The Morgan fingerprint density at radius 1 is 1.41 bits per heavy atom. The van der Waals surface area contributed by atoms with Crippen LogP contribution < -0.4 is 5.73 Å². The molecular weight excluding hydrogens is 257 g/mol. The van der Waals surface area contributed by atoms with Crippen molar-refractivity contribution in [2.45, 2.75) is 19.4 Å². The minimum Gasteiger partial charge on any atom is -0.370 e. The maximum atomic E-state index is 6.22. The summed E-state index contributed by atoms with van der Waals surface area (Å²) in [5.74, 6) is 0.577. The second kappa shape index (κ2) is 5.15. The van der Waals surface area contributed by atoms with Crippen molar-refractivity contribution in [3.63, 3.8) is 0 Å². The van der Waals surface area contributed by atoms with Gasteiger partial charge in [-0.1, -0.05) is 36.2 Å². The predicted octanol–water partition coefficient (Wildman–Crippen LogP) is 3.07. The van der Waals surface area contributed by atoms with Gasteiger partial charge in [-0.3, -0.25) is 4.99 Å². The van der Waals surface area contributed by atoms with E-state index < -0.39 is 0 Å². The number of hydrogen-bond donors (Lipinski definition) is 1. The van der Waals surface area contributed by atoms with Gasteiger partial charge in [-0.25, -0.2) is 0 Å². The van der Waals surface area contributed by atoms with Gasteiger partial charge in [0.2, 0.25) is 0 Å². The van der Waals surface area contributed by atoms with Gasteiger partial charge in [0.1, 0.15) is 0 Å². The van der Waals surface area contributed by atoms with Crippen LogP contribution in [0.4, 0.5) is 0 Å². The maximum Gasteiger partial charge on any atom is 0.191 e. The van der Waals surface area contributed by atoms with Crippen molar-refractivity contribution in [2.75, 3.05) is 13.1 Å². The molecule has 0 fully saturated rings. The number of nitrogens with two attached hydrogens (primary N) is 1. The first kappa shape index (κ1) is 12.5. The molecule has 92 valence electrons. The van der Waals surface area contributed by atoms with Crippen molar-refractivity contribution >= 4 is 29.2 Å². The molecule has 0 aliphatic carbocycles. The molecular formula is C12H15Cl2N3. The molecule has 1 heterocycles. The molecule has 0 bridgehead atoms. The van der Waals surface area contributed by atoms with Crippen molar-refractivity contribution < 1.29 is 0 Å². The Bertz CT molecular complexity index is 425. The number of halogens is 2. The lowest BCUT2D eigenvalue weighted by atomic mass is 10.1. The van der Waals surface area contributed by atoms with Crippen LogP contribution >= 0.6 is 23.2 Å². The highest BCUT2D eigenvalue weighted by molar-refractivity contribution is 6.36. The van der Waals surface area contributed by atoms with E-state index >= 15 is 0 Å². The smallest absolute Gasteiger partial charge is 0.191 e. The molecule has 2 N–H and O–H groups in total. The van der Waals surface area contributed by atoms with Crippen LogP contribution in [0, 0.1) is 0 Å². The van der Waals surface area contributed by atoms with Gasteiger partial charge in [0.05, 0.1) is 12.6 Å². The molecule has 1 aliphatic rings. The number of nitrogens with zero attached hydrogens (tertiary/aromatic N) is 2. The van der Waals surface area contributed by atoms with Gasteiger partial charge in [-0.2, -0.15) is 0 Å². The normalized spacial score (nSPS) is 19.6. The van der Waals surface area contributed by atoms with E-state index in [0.29, 0.717) is 22.5 Å². The minimum absolute atomic E-state index is 0.0659. The fourth-order valence-corrected chi connectivity index (χ4v) is 2.77. The third-order valence-corrected chi connectivity index (χ3v) is 3.55. The van der Waals surface area contributed by atoms with Crippen LogP contribution in [-0.4, -0.2) is 23.9 Å². The van der Waals surface area contributed by atoms with Crippen molar-refractivity contribution in [3.8, 4) is 0 Å². The monoisotopic (exact) mass is 271 g/mol. The third-order valence-electron chi connectivity index (χ3n) is 2.89. The highest BCUT2D eigenvalue weighted by atomic mass is 35.5. The van der Waals surface area contributed by atoms with Gasteiger partial charge >= 0.3 is 0 Å². The molecule has 1 aromatic rings. The van der Waals surface area contributed by atoms with Gasteiger partial charge in [0.15, 0.2) is 5.96 Å². The average Bonchev–Trinajstić information content (AvgIpc) is 2.62. The van der Waals surface area contributed by atoms with Crippen LogP contribution in [0.3, 0.4) is 0 Å². The zero-order valence-corrected chi connectivity index (χ0v) is 11.2. The van der Waals surface area contributed by atoms with Gasteiger partial charge in [0, 0.05) is 22.2 Å². The number of aliphatic imine (C=N–C) groups is 1. The maximum absolute atomic E-state index is 6.22. The second-order valence-corrected chi connectivity index (χ2v) is 4.86. The minimum atomic E-state index is 0.0659. The average molecular weight is 272 g/mol. The summed E-state index contributed by atoms with van der Waals surface area (Å²) in [4.78, 5) is 6.34. The lowest BCUT2D eigenvalue weighted by Crippen LogP contribution is -2.36. The summed E-state index contributed by atoms with van der Waals surface area (Å²) in [7, 11) is 0. The number of rotatable bonds is 3. The molecule has 1 aliphatic heterocycles.